The van der Waals surface area contributed by atoms with Crippen molar-refractivity contribution in [3.05, 3.63) is 47.7 Å². The molecule has 0 amide bonds. The summed E-state index contributed by atoms with van der Waals surface area (Å²) in [6, 6.07) is 6.50. The van der Waals surface area contributed by atoms with E-state index >= 15 is 0 Å². The fraction of sp³-hybridized carbons (Fsp3) is 0.0769. The van der Waals surface area contributed by atoms with E-state index in [1.165, 1.54) is 31.4 Å². The highest BCUT2D eigenvalue weighted by Gasteiger charge is 2.16. The zero-order chi connectivity index (χ0) is 14.0. The van der Waals surface area contributed by atoms with Crippen LogP contribution < -0.4 is 5.73 Å². The van der Waals surface area contributed by atoms with E-state index in [0.29, 0.717) is 0 Å². The second kappa shape index (κ2) is 5.01. The monoisotopic (exact) mass is 264 g/mol. The van der Waals surface area contributed by atoms with Crippen LogP contribution in [-0.4, -0.2) is 18.1 Å². The van der Waals surface area contributed by atoms with E-state index < -0.39 is 17.6 Å². The lowest BCUT2D eigenvalue weighted by Crippen LogP contribution is -2.09. The molecule has 1 aromatic heterocycles. The molecule has 0 saturated carbocycles. The van der Waals surface area contributed by atoms with Crippen molar-refractivity contribution in [2.45, 2.75) is 0 Å². The van der Waals surface area contributed by atoms with Crippen LogP contribution in [0.3, 0.4) is 0 Å². The number of carbonyl (C=O) groups excluding carboxylic acids is 1. The number of anilines is 1. The first-order valence-electron chi connectivity index (χ1n) is 5.34. The van der Waals surface area contributed by atoms with Crippen LogP contribution in [0.15, 0.2) is 30.3 Å². The first-order valence-corrected chi connectivity index (χ1v) is 5.34. The third-order valence-electron chi connectivity index (χ3n) is 2.53. The van der Waals surface area contributed by atoms with Crippen LogP contribution in [0.4, 0.5) is 14.5 Å². The summed E-state index contributed by atoms with van der Waals surface area (Å²) in [5.41, 5.74) is 5.60. The molecule has 0 aliphatic carbocycles. The number of nitrogens with two attached hydrogens (primary N) is 1. The normalized spacial score (nSPS) is 10.3. The average Bonchev–Trinajstić information content (AvgIpc) is 2.42. The number of benzene rings is 1. The van der Waals surface area contributed by atoms with Gasteiger partial charge in [-0.25, -0.2) is 18.6 Å². The van der Waals surface area contributed by atoms with Gasteiger partial charge in [-0.2, -0.15) is 0 Å². The molecule has 4 nitrogen and oxygen atoms in total. The van der Waals surface area contributed by atoms with Crippen LogP contribution in [0.2, 0.25) is 0 Å². The smallest absolute Gasteiger partial charge is 0.358 e. The molecular weight excluding hydrogens is 254 g/mol. The largest absolute Gasteiger partial charge is 0.464 e. The number of hydrogen-bond acceptors (Lipinski definition) is 4. The number of ether oxygens (including phenoxy) is 1. The first kappa shape index (κ1) is 12.9. The lowest BCUT2D eigenvalue weighted by Gasteiger charge is -2.07. The van der Waals surface area contributed by atoms with Gasteiger partial charge in [0.25, 0.3) is 0 Å². The molecule has 6 heteroatoms. The van der Waals surface area contributed by atoms with E-state index in [0.717, 1.165) is 6.07 Å². The quantitative estimate of drug-likeness (QED) is 0.846. The molecule has 0 spiro atoms. The van der Waals surface area contributed by atoms with Crippen molar-refractivity contribution in [1.82, 2.24) is 4.98 Å². The molecular formula is C13H10F2N2O2. The summed E-state index contributed by atoms with van der Waals surface area (Å²) in [7, 11) is 1.18. The summed E-state index contributed by atoms with van der Waals surface area (Å²) in [6.45, 7) is 0. The van der Waals surface area contributed by atoms with Gasteiger partial charge in [0, 0.05) is 5.56 Å². The Bertz CT molecular complexity index is 645. The second-order valence-corrected chi connectivity index (χ2v) is 3.73. The van der Waals surface area contributed by atoms with Crippen LogP contribution in [0.25, 0.3) is 11.3 Å². The Kier molecular flexibility index (Phi) is 3.41. The first-order chi connectivity index (χ1) is 9.04. The van der Waals surface area contributed by atoms with Crippen LogP contribution in [-0.2, 0) is 4.74 Å². The minimum Gasteiger partial charge on any atom is -0.464 e. The van der Waals surface area contributed by atoms with Crippen LogP contribution in [0.1, 0.15) is 10.5 Å². The van der Waals surface area contributed by atoms with Gasteiger partial charge in [-0.15, -0.1) is 0 Å². The molecule has 0 radical (unpaired) electrons. The Morgan fingerprint density at radius 2 is 2.00 bits per heavy atom. The summed E-state index contributed by atoms with van der Waals surface area (Å²) in [6.07, 6.45) is 0. The van der Waals surface area contributed by atoms with Gasteiger partial charge < -0.3 is 10.5 Å². The van der Waals surface area contributed by atoms with E-state index in [1.807, 2.05) is 0 Å². The van der Waals surface area contributed by atoms with E-state index in [1.54, 1.807) is 0 Å². The molecule has 2 aromatic rings. The van der Waals surface area contributed by atoms with Crippen molar-refractivity contribution in [2.24, 2.45) is 0 Å². The maximum atomic E-state index is 13.6. The van der Waals surface area contributed by atoms with E-state index in [4.69, 9.17) is 5.73 Å². The van der Waals surface area contributed by atoms with Gasteiger partial charge in [-0.05, 0) is 24.3 Å². The van der Waals surface area contributed by atoms with Gasteiger partial charge in [0.05, 0.1) is 18.5 Å². The molecule has 0 aliphatic rings. The van der Waals surface area contributed by atoms with Gasteiger partial charge in [-0.3, -0.25) is 0 Å². The number of nitrogen functional groups attached to an aromatic ring is 1. The van der Waals surface area contributed by atoms with Crippen molar-refractivity contribution in [3.8, 4) is 11.3 Å². The Morgan fingerprint density at radius 3 is 2.68 bits per heavy atom. The number of hydrogen-bond donors (Lipinski definition) is 1. The average molecular weight is 264 g/mol. The minimum absolute atomic E-state index is 0.0508. The minimum atomic E-state index is -1.03. The fourth-order valence-electron chi connectivity index (χ4n) is 1.58. The SMILES string of the molecule is COC(=O)c1nc(-c2cccc(F)c2F)ccc1N. The molecule has 1 heterocycles. The number of nitrogens with zero attached hydrogens (tertiary/aromatic N) is 1. The Morgan fingerprint density at radius 1 is 1.26 bits per heavy atom. The van der Waals surface area contributed by atoms with Crippen molar-refractivity contribution < 1.29 is 18.3 Å². The lowest BCUT2D eigenvalue weighted by atomic mass is 10.1. The lowest BCUT2D eigenvalue weighted by molar-refractivity contribution is 0.0595. The number of esters is 1. The third kappa shape index (κ3) is 2.37. The van der Waals surface area contributed by atoms with Gasteiger partial charge in [0.15, 0.2) is 17.3 Å². The number of methoxy groups -OCH3 is 1. The highest BCUT2D eigenvalue weighted by atomic mass is 19.2. The molecule has 2 N–H and O–H groups in total. The molecule has 0 atom stereocenters. The van der Waals surface area contributed by atoms with E-state index in [-0.39, 0.29) is 22.6 Å². The van der Waals surface area contributed by atoms with Gasteiger partial charge >= 0.3 is 5.97 Å². The Hall–Kier alpha value is -2.50. The molecule has 0 aliphatic heterocycles. The van der Waals surface area contributed by atoms with Crippen molar-refractivity contribution in [3.63, 3.8) is 0 Å². The molecule has 98 valence electrons. The Labute approximate surface area is 107 Å². The number of rotatable bonds is 2. The molecule has 19 heavy (non-hydrogen) atoms. The summed E-state index contributed by atoms with van der Waals surface area (Å²) >= 11 is 0. The molecule has 0 fully saturated rings. The van der Waals surface area contributed by atoms with Crippen LogP contribution in [0, 0.1) is 11.6 Å². The zero-order valence-corrected chi connectivity index (χ0v) is 9.98. The number of pyridine rings is 1. The topological polar surface area (TPSA) is 65.2 Å². The predicted octanol–water partition coefficient (Wildman–Crippen LogP) is 2.40. The number of aromatic nitrogens is 1. The maximum Gasteiger partial charge on any atom is 0.358 e. The number of halogens is 2. The van der Waals surface area contributed by atoms with E-state index in [9.17, 15) is 13.6 Å². The maximum absolute atomic E-state index is 13.6. The molecule has 2 rings (SSSR count). The van der Waals surface area contributed by atoms with E-state index in [2.05, 4.69) is 9.72 Å². The molecule has 1 aromatic carbocycles. The van der Waals surface area contributed by atoms with Gasteiger partial charge in [-0.1, -0.05) is 6.07 Å². The van der Waals surface area contributed by atoms with Crippen molar-refractivity contribution >= 4 is 11.7 Å². The fourth-order valence-corrected chi connectivity index (χ4v) is 1.58. The predicted molar refractivity (Wildman–Crippen MR) is 65.3 cm³/mol. The molecule has 0 unspecified atom stereocenters. The second-order valence-electron chi connectivity index (χ2n) is 3.73. The van der Waals surface area contributed by atoms with Crippen molar-refractivity contribution in [2.75, 3.05) is 12.8 Å². The highest BCUT2D eigenvalue weighted by Crippen LogP contribution is 2.24. The summed E-state index contributed by atoms with van der Waals surface area (Å²) in [4.78, 5) is 15.3. The Balaban J connectivity index is 2.58. The molecule has 0 bridgehead atoms. The third-order valence-corrected chi connectivity index (χ3v) is 2.53. The van der Waals surface area contributed by atoms with Gasteiger partial charge in [0.1, 0.15) is 0 Å². The summed E-state index contributed by atoms with van der Waals surface area (Å²) < 4.78 is 31.3. The van der Waals surface area contributed by atoms with Crippen LogP contribution >= 0.6 is 0 Å². The standard InChI is InChI=1S/C13H10F2N2O2/c1-19-13(18)12-9(16)5-6-10(17-12)7-3-2-4-8(14)11(7)15/h2-6H,16H2,1H3. The molecule has 0 saturated heterocycles. The summed E-state index contributed by atoms with van der Waals surface area (Å²) in [5.74, 6) is -2.76. The van der Waals surface area contributed by atoms with Crippen LogP contribution in [0.5, 0.6) is 0 Å². The number of carbonyl (C=O) groups is 1. The summed E-state index contributed by atoms with van der Waals surface area (Å²) in [5, 5.41) is 0. The highest BCUT2D eigenvalue weighted by molar-refractivity contribution is 5.93. The van der Waals surface area contributed by atoms with Crippen molar-refractivity contribution in [1.29, 1.82) is 0 Å². The van der Waals surface area contributed by atoms with Gasteiger partial charge in [0.2, 0.25) is 0 Å². The zero-order valence-electron chi connectivity index (χ0n) is 9.98.